The van der Waals surface area contributed by atoms with Gasteiger partial charge in [0.1, 0.15) is 9.84 Å². The van der Waals surface area contributed by atoms with Gasteiger partial charge in [0, 0.05) is 12.0 Å². The van der Waals surface area contributed by atoms with E-state index < -0.39 is 15.8 Å². The molecule has 0 unspecified atom stereocenters. The molecular weight excluding hydrogens is 188 g/mol. The van der Waals surface area contributed by atoms with Gasteiger partial charge in [0.2, 0.25) is 0 Å². The summed E-state index contributed by atoms with van der Waals surface area (Å²) in [7, 11) is -2.94. The Morgan fingerprint density at radius 1 is 1.55 bits per heavy atom. The minimum Gasteiger partial charge on any atom is -0.481 e. The average molecular weight is 198 g/mol. The molecule has 0 aliphatic rings. The predicted octanol–water partition coefficient (Wildman–Crippen LogP) is -0.151. The van der Waals surface area contributed by atoms with Gasteiger partial charge in [0.05, 0.1) is 11.5 Å². The lowest BCUT2D eigenvalue weighted by atomic mass is 10.8. The monoisotopic (exact) mass is 198 g/mol. The molecule has 0 aromatic heterocycles. The topological polar surface area (TPSA) is 71.4 Å². The molecular formula is C5H10O4S2. The number of aliphatic carboxylic acids is 1. The van der Waals surface area contributed by atoms with Crippen LogP contribution in [0.4, 0.5) is 0 Å². The first-order chi connectivity index (χ1) is 4.92. The van der Waals surface area contributed by atoms with Gasteiger partial charge in [-0.2, -0.15) is 0 Å². The fraction of sp³-hybridized carbons (Fsp3) is 0.800. The second-order valence-electron chi connectivity index (χ2n) is 2.08. The molecule has 0 radical (unpaired) electrons. The number of carboxylic acids is 1. The first-order valence-corrected chi connectivity index (χ1v) is 6.10. The highest BCUT2D eigenvalue weighted by molar-refractivity contribution is 8.01. The van der Waals surface area contributed by atoms with Crippen molar-refractivity contribution >= 4 is 27.6 Å². The fourth-order valence-electron chi connectivity index (χ4n) is 0.370. The van der Waals surface area contributed by atoms with E-state index in [1.807, 2.05) is 0 Å². The summed E-state index contributed by atoms with van der Waals surface area (Å²) >= 11 is 1.11. The van der Waals surface area contributed by atoms with Crippen LogP contribution in [0.3, 0.4) is 0 Å². The summed E-state index contributed by atoms with van der Waals surface area (Å²) in [5.41, 5.74) is 0. The van der Waals surface area contributed by atoms with E-state index in [2.05, 4.69) is 0 Å². The van der Waals surface area contributed by atoms with Crippen LogP contribution < -0.4 is 0 Å². The molecule has 4 nitrogen and oxygen atoms in total. The highest BCUT2D eigenvalue weighted by atomic mass is 32.2. The maximum Gasteiger partial charge on any atom is 0.313 e. The quantitative estimate of drug-likeness (QED) is 0.622. The Hall–Kier alpha value is -0.230. The van der Waals surface area contributed by atoms with Crippen LogP contribution in [0.5, 0.6) is 0 Å². The van der Waals surface area contributed by atoms with Crippen LogP contribution in [0.25, 0.3) is 0 Å². The molecule has 0 aromatic carbocycles. The Kier molecular flexibility index (Phi) is 4.51. The van der Waals surface area contributed by atoms with E-state index in [1.54, 1.807) is 0 Å². The van der Waals surface area contributed by atoms with E-state index in [0.717, 1.165) is 18.0 Å². The van der Waals surface area contributed by atoms with Crippen molar-refractivity contribution in [1.82, 2.24) is 0 Å². The first-order valence-electron chi connectivity index (χ1n) is 2.89. The van der Waals surface area contributed by atoms with Crippen molar-refractivity contribution in [2.75, 3.05) is 23.5 Å². The molecule has 6 heteroatoms. The Morgan fingerprint density at radius 2 is 2.09 bits per heavy atom. The second kappa shape index (κ2) is 4.61. The van der Waals surface area contributed by atoms with Gasteiger partial charge in [-0.05, 0) is 0 Å². The summed E-state index contributed by atoms with van der Waals surface area (Å²) in [5.74, 6) is -0.547. The number of carbonyl (C=O) groups is 1. The van der Waals surface area contributed by atoms with Gasteiger partial charge >= 0.3 is 5.97 Å². The van der Waals surface area contributed by atoms with Gasteiger partial charge in [-0.15, -0.1) is 11.8 Å². The van der Waals surface area contributed by atoms with Crippen molar-refractivity contribution in [1.29, 1.82) is 0 Å². The third-order valence-electron chi connectivity index (χ3n) is 0.824. The zero-order valence-corrected chi connectivity index (χ0v) is 7.74. The van der Waals surface area contributed by atoms with Crippen LogP contribution in [-0.4, -0.2) is 43.0 Å². The summed E-state index contributed by atoms with van der Waals surface area (Å²) in [6.07, 6.45) is 1.13. The van der Waals surface area contributed by atoms with Crippen molar-refractivity contribution < 1.29 is 18.3 Å². The molecule has 0 atom stereocenters. The van der Waals surface area contributed by atoms with Crippen LogP contribution in [0.15, 0.2) is 0 Å². The van der Waals surface area contributed by atoms with E-state index >= 15 is 0 Å². The van der Waals surface area contributed by atoms with Crippen molar-refractivity contribution in [3.8, 4) is 0 Å². The highest BCUT2D eigenvalue weighted by Crippen LogP contribution is 2.00. The molecule has 0 aromatic rings. The summed E-state index contributed by atoms with van der Waals surface area (Å²) in [6.45, 7) is 0. The molecule has 0 bridgehead atoms. The molecule has 0 heterocycles. The lowest BCUT2D eigenvalue weighted by molar-refractivity contribution is -0.133. The molecule has 1 N–H and O–H groups in total. The number of rotatable bonds is 5. The lowest BCUT2D eigenvalue weighted by Gasteiger charge is -1.95. The van der Waals surface area contributed by atoms with Gasteiger partial charge in [-0.1, -0.05) is 0 Å². The van der Waals surface area contributed by atoms with Crippen molar-refractivity contribution in [3.05, 3.63) is 0 Å². The molecule has 66 valence electrons. The summed E-state index contributed by atoms with van der Waals surface area (Å²) in [5, 5.41) is 8.17. The molecule has 0 aliphatic heterocycles. The van der Waals surface area contributed by atoms with Gasteiger partial charge in [0.25, 0.3) is 0 Å². The van der Waals surface area contributed by atoms with Gasteiger partial charge in [0.15, 0.2) is 0 Å². The minimum atomic E-state index is -2.94. The zero-order chi connectivity index (χ0) is 8.91. The van der Waals surface area contributed by atoms with Crippen LogP contribution in [0.2, 0.25) is 0 Å². The van der Waals surface area contributed by atoms with E-state index in [1.165, 1.54) is 0 Å². The molecule has 0 spiro atoms. The Balaban J connectivity index is 3.37. The predicted molar refractivity (Wildman–Crippen MR) is 44.7 cm³/mol. The molecule has 0 amide bonds. The van der Waals surface area contributed by atoms with Gasteiger partial charge in [-0.3, -0.25) is 4.79 Å². The largest absolute Gasteiger partial charge is 0.481 e. The first kappa shape index (κ1) is 10.8. The SMILES string of the molecule is CS(=O)(=O)CCSCC(=O)O. The molecule has 11 heavy (non-hydrogen) atoms. The maximum atomic E-state index is 10.5. The van der Waals surface area contributed by atoms with Crippen LogP contribution in [0, 0.1) is 0 Å². The summed E-state index contributed by atoms with van der Waals surface area (Å²) in [6, 6.07) is 0. The molecule has 0 rings (SSSR count). The molecule has 0 aliphatic carbocycles. The van der Waals surface area contributed by atoms with Crippen LogP contribution in [0.1, 0.15) is 0 Å². The number of hydrogen-bond acceptors (Lipinski definition) is 4. The number of sulfone groups is 1. The fourth-order valence-corrected chi connectivity index (χ4v) is 2.37. The third kappa shape index (κ3) is 9.77. The van der Waals surface area contributed by atoms with Crippen LogP contribution >= 0.6 is 11.8 Å². The average Bonchev–Trinajstić information content (AvgIpc) is 1.78. The van der Waals surface area contributed by atoms with E-state index in [9.17, 15) is 13.2 Å². The Bertz CT molecular complexity index is 219. The van der Waals surface area contributed by atoms with E-state index in [-0.39, 0.29) is 11.5 Å². The Labute approximate surface area is 69.9 Å². The summed E-state index contributed by atoms with van der Waals surface area (Å²) in [4.78, 5) is 9.95. The highest BCUT2D eigenvalue weighted by Gasteiger charge is 2.02. The molecule has 0 fully saturated rings. The van der Waals surface area contributed by atoms with Crippen molar-refractivity contribution in [3.63, 3.8) is 0 Å². The van der Waals surface area contributed by atoms with E-state index in [0.29, 0.717) is 5.75 Å². The standard InChI is InChI=1S/C5H10O4S2/c1-11(8,9)3-2-10-4-5(6)7/h2-4H2,1H3,(H,6,7). The van der Waals surface area contributed by atoms with E-state index in [4.69, 9.17) is 5.11 Å². The minimum absolute atomic E-state index is 0.0322. The number of hydrogen-bond donors (Lipinski definition) is 1. The van der Waals surface area contributed by atoms with Crippen molar-refractivity contribution in [2.24, 2.45) is 0 Å². The third-order valence-corrected chi connectivity index (χ3v) is 2.97. The smallest absolute Gasteiger partial charge is 0.313 e. The second-order valence-corrected chi connectivity index (χ2v) is 5.44. The summed E-state index contributed by atoms with van der Waals surface area (Å²) < 4.78 is 21.0. The molecule has 0 saturated heterocycles. The molecule has 0 saturated carbocycles. The van der Waals surface area contributed by atoms with Crippen molar-refractivity contribution in [2.45, 2.75) is 0 Å². The van der Waals surface area contributed by atoms with Gasteiger partial charge < -0.3 is 5.11 Å². The zero-order valence-electron chi connectivity index (χ0n) is 6.11. The van der Waals surface area contributed by atoms with Crippen LogP contribution in [-0.2, 0) is 14.6 Å². The maximum absolute atomic E-state index is 10.5. The van der Waals surface area contributed by atoms with Gasteiger partial charge in [-0.25, -0.2) is 8.42 Å². The number of carboxylic acid groups (broad SMARTS) is 1. The Morgan fingerprint density at radius 3 is 2.45 bits per heavy atom. The normalized spacial score (nSPS) is 11.4. The number of thioether (sulfide) groups is 1. The lowest BCUT2D eigenvalue weighted by Crippen LogP contribution is -2.07.